The Balaban J connectivity index is 1.67. The second kappa shape index (κ2) is 6.13. The van der Waals surface area contributed by atoms with Gasteiger partial charge in [-0.1, -0.05) is 0 Å². The molecule has 1 aliphatic rings. The van der Waals surface area contributed by atoms with Crippen molar-refractivity contribution in [2.75, 3.05) is 10.7 Å². The Hall–Kier alpha value is -3.09. The normalized spacial score (nSPS) is 13.4. The number of hydrazine groups is 2. The fourth-order valence-corrected chi connectivity index (χ4v) is 1.85. The molecule has 0 amide bonds. The SMILES string of the molecule is Fc1ccc(NC2=CN(Nc3ccc(F)cc3)NN=C2)cc1. The lowest BCUT2D eigenvalue weighted by Gasteiger charge is -2.25. The summed E-state index contributed by atoms with van der Waals surface area (Å²) < 4.78 is 25.7. The van der Waals surface area contributed by atoms with Gasteiger partial charge in [-0.25, -0.2) is 8.78 Å². The van der Waals surface area contributed by atoms with E-state index in [4.69, 9.17) is 0 Å². The van der Waals surface area contributed by atoms with Gasteiger partial charge in [0, 0.05) is 5.69 Å². The van der Waals surface area contributed by atoms with E-state index >= 15 is 0 Å². The minimum Gasteiger partial charge on any atom is -0.353 e. The lowest BCUT2D eigenvalue weighted by Crippen LogP contribution is -2.38. The van der Waals surface area contributed by atoms with Crippen LogP contribution in [0.1, 0.15) is 0 Å². The molecule has 7 heteroatoms. The zero-order chi connectivity index (χ0) is 15.4. The highest BCUT2D eigenvalue weighted by atomic mass is 19.1. The second-order valence-corrected chi connectivity index (χ2v) is 4.56. The third-order valence-electron chi connectivity index (χ3n) is 2.86. The smallest absolute Gasteiger partial charge is 0.123 e. The summed E-state index contributed by atoms with van der Waals surface area (Å²) in [6, 6.07) is 11.9. The predicted molar refractivity (Wildman–Crippen MR) is 81.6 cm³/mol. The molecule has 0 radical (unpaired) electrons. The van der Waals surface area contributed by atoms with Gasteiger partial charge in [-0.3, -0.25) is 5.43 Å². The summed E-state index contributed by atoms with van der Waals surface area (Å²) in [5.74, 6) is -0.595. The molecule has 1 aliphatic heterocycles. The van der Waals surface area contributed by atoms with Gasteiger partial charge >= 0.3 is 0 Å². The fraction of sp³-hybridized carbons (Fsp3) is 0. The molecule has 0 unspecified atom stereocenters. The van der Waals surface area contributed by atoms with Crippen molar-refractivity contribution >= 4 is 17.6 Å². The molecule has 0 saturated carbocycles. The second-order valence-electron chi connectivity index (χ2n) is 4.56. The number of hydrogen-bond acceptors (Lipinski definition) is 5. The van der Waals surface area contributed by atoms with Crippen LogP contribution >= 0.6 is 0 Å². The molecule has 1 heterocycles. The fourth-order valence-electron chi connectivity index (χ4n) is 1.85. The van der Waals surface area contributed by atoms with Gasteiger partial charge in [-0.2, -0.15) is 15.8 Å². The molecule has 0 saturated heterocycles. The Kier molecular flexibility index (Phi) is 3.86. The zero-order valence-corrected chi connectivity index (χ0v) is 11.4. The van der Waals surface area contributed by atoms with E-state index in [2.05, 4.69) is 21.4 Å². The monoisotopic (exact) mass is 301 g/mol. The van der Waals surface area contributed by atoms with Gasteiger partial charge in [0.15, 0.2) is 0 Å². The molecule has 0 bridgehead atoms. The molecule has 3 N–H and O–H groups in total. The number of anilines is 2. The summed E-state index contributed by atoms with van der Waals surface area (Å²) in [7, 11) is 0. The first-order valence-corrected chi connectivity index (χ1v) is 6.54. The van der Waals surface area contributed by atoms with Crippen LogP contribution in [0.4, 0.5) is 20.2 Å². The number of hydrogen-bond donors (Lipinski definition) is 3. The van der Waals surface area contributed by atoms with E-state index < -0.39 is 0 Å². The molecule has 0 aliphatic carbocycles. The van der Waals surface area contributed by atoms with Crippen LogP contribution in [0.25, 0.3) is 0 Å². The predicted octanol–water partition coefficient (Wildman–Crippen LogP) is 3.05. The molecule has 2 aromatic carbocycles. The average molecular weight is 301 g/mol. The summed E-state index contributed by atoms with van der Waals surface area (Å²) >= 11 is 0. The minimum atomic E-state index is -0.301. The zero-order valence-electron chi connectivity index (χ0n) is 11.4. The van der Waals surface area contributed by atoms with E-state index in [0.717, 1.165) is 5.69 Å². The van der Waals surface area contributed by atoms with Crippen molar-refractivity contribution in [3.05, 3.63) is 72.1 Å². The van der Waals surface area contributed by atoms with Gasteiger partial charge in [0.2, 0.25) is 0 Å². The van der Waals surface area contributed by atoms with Crippen molar-refractivity contribution in [2.45, 2.75) is 0 Å². The lowest BCUT2D eigenvalue weighted by molar-refractivity contribution is 0.327. The number of halogens is 2. The van der Waals surface area contributed by atoms with Gasteiger partial charge in [-0.15, -0.1) is 0 Å². The van der Waals surface area contributed by atoms with Crippen LogP contribution < -0.4 is 16.3 Å². The first kappa shape index (κ1) is 13.9. The number of benzene rings is 2. The van der Waals surface area contributed by atoms with Crippen molar-refractivity contribution in [3.8, 4) is 0 Å². The van der Waals surface area contributed by atoms with E-state index in [1.807, 2.05) is 0 Å². The van der Waals surface area contributed by atoms with Gasteiger partial charge in [-0.05, 0) is 48.5 Å². The maximum atomic E-state index is 12.9. The van der Waals surface area contributed by atoms with Crippen molar-refractivity contribution < 1.29 is 8.78 Å². The Morgan fingerprint density at radius 3 is 2.09 bits per heavy atom. The van der Waals surface area contributed by atoms with Crippen molar-refractivity contribution in [2.24, 2.45) is 5.10 Å². The van der Waals surface area contributed by atoms with E-state index in [-0.39, 0.29) is 11.6 Å². The molecule has 2 aromatic rings. The molecule has 0 fully saturated rings. The largest absolute Gasteiger partial charge is 0.353 e. The quantitative estimate of drug-likeness (QED) is 0.812. The third-order valence-corrected chi connectivity index (χ3v) is 2.86. The summed E-state index contributed by atoms with van der Waals surface area (Å²) in [4.78, 5) is 0. The summed E-state index contributed by atoms with van der Waals surface area (Å²) in [6.07, 6.45) is 3.31. The van der Waals surface area contributed by atoms with E-state index in [1.54, 1.807) is 36.7 Å². The maximum absolute atomic E-state index is 12.9. The Morgan fingerprint density at radius 1 is 0.864 bits per heavy atom. The maximum Gasteiger partial charge on any atom is 0.123 e. The average Bonchev–Trinajstić information content (AvgIpc) is 2.52. The van der Waals surface area contributed by atoms with E-state index in [1.165, 1.54) is 29.4 Å². The van der Waals surface area contributed by atoms with Crippen LogP contribution in [0.5, 0.6) is 0 Å². The van der Waals surface area contributed by atoms with Gasteiger partial charge in [0.1, 0.15) is 11.6 Å². The van der Waals surface area contributed by atoms with Gasteiger partial charge in [0.25, 0.3) is 0 Å². The summed E-state index contributed by atoms with van der Waals surface area (Å²) in [6.45, 7) is 0. The van der Waals surface area contributed by atoms with Gasteiger partial charge in [0.05, 0.1) is 23.8 Å². The minimum absolute atomic E-state index is 0.293. The summed E-state index contributed by atoms with van der Waals surface area (Å²) in [5.41, 5.74) is 7.86. The highest BCUT2D eigenvalue weighted by Crippen LogP contribution is 2.13. The molecule has 0 aromatic heterocycles. The number of rotatable bonds is 4. The first-order chi connectivity index (χ1) is 10.7. The van der Waals surface area contributed by atoms with Crippen LogP contribution in [0, 0.1) is 11.6 Å². The number of nitrogens with one attached hydrogen (secondary N) is 3. The lowest BCUT2D eigenvalue weighted by atomic mass is 10.3. The molecule has 0 atom stereocenters. The molecule has 112 valence electrons. The third kappa shape index (κ3) is 3.51. The molecule has 0 spiro atoms. The molecular formula is C15H13F2N5. The van der Waals surface area contributed by atoms with E-state index in [0.29, 0.717) is 11.4 Å². The van der Waals surface area contributed by atoms with Crippen LogP contribution in [0.2, 0.25) is 0 Å². The van der Waals surface area contributed by atoms with Crippen LogP contribution in [-0.2, 0) is 0 Å². The van der Waals surface area contributed by atoms with Crippen molar-refractivity contribution in [1.82, 2.24) is 10.7 Å². The Bertz CT molecular complexity index is 695. The van der Waals surface area contributed by atoms with E-state index in [9.17, 15) is 8.78 Å². The highest BCUT2D eigenvalue weighted by Gasteiger charge is 2.06. The topological polar surface area (TPSA) is 51.7 Å². The molecule has 3 rings (SSSR count). The standard InChI is InChI=1S/C15H13F2N5/c16-11-1-5-13(6-2-11)19-15-9-18-21-22(10-15)20-14-7-3-12(17)4-8-14/h1-10,19-21H. The van der Waals surface area contributed by atoms with Crippen LogP contribution in [0.3, 0.4) is 0 Å². The molecule has 5 nitrogen and oxygen atoms in total. The number of nitrogens with zero attached hydrogens (tertiary/aromatic N) is 2. The van der Waals surface area contributed by atoms with Crippen LogP contribution in [-0.4, -0.2) is 11.3 Å². The Morgan fingerprint density at radius 2 is 1.45 bits per heavy atom. The first-order valence-electron chi connectivity index (χ1n) is 6.54. The summed E-state index contributed by atoms with van der Waals surface area (Å²) in [5, 5.41) is 8.59. The number of allylic oxidation sites excluding steroid dienone is 1. The Labute approximate surface area is 125 Å². The highest BCUT2D eigenvalue weighted by molar-refractivity contribution is 5.83. The molecular weight excluding hydrogens is 288 g/mol. The van der Waals surface area contributed by atoms with Gasteiger partial charge < -0.3 is 5.32 Å². The number of hydrazone groups is 1. The van der Waals surface area contributed by atoms with Crippen molar-refractivity contribution in [1.29, 1.82) is 0 Å². The molecule has 22 heavy (non-hydrogen) atoms. The van der Waals surface area contributed by atoms with Crippen LogP contribution in [0.15, 0.2) is 65.5 Å². The van der Waals surface area contributed by atoms with Crippen molar-refractivity contribution in [3.63, 3.8) is 0 Å².